The lowest BCUT2D eigenvalue weighted by Gasteiger charge is -2.34. The predicted octanol–water partition coefficient (Wildman–Crippen LogP) is 5.89. The van der Waals surface area contributed by atoms with Crippen molar-refractivity contribution in [3.05, 3.63) is 49.1 Å². The fraction of sp³-hybridized carbons (Fsp3) is 0.429. The average Bonchev–Trinajstić information content (AvgIpc) is 3.58. The largest absolute Gasteiger partial charge is 0.443 e. The summed E-state index contributed by atoms with van der Waals surface area (Å²) in [6.07, 6.45) is 5.56. The number of fused-ring (bicyclic) bond motifs is 2. The van der Waals surface area contributed by atoms with Crippen molar-refractivity contribution in [2.24, 2.45) is 0 Å². The molecule has 1 fully saturated rings. The van der Waals surface area contributed by atoms with Crippen molar-refractivity contribution in [2.45, 2.75) is 52.7 Å². The summed E-state index contributed by atoms with van der Waals surface area (Å²) in [4.78, 5) is 48.0. The molecule has 0 aliphatic carbocycles. The number of pyridine rings is 3. The number of ether oxygens (including phenoxy) is 2. The van der Waals surface area contributed by atoms with Crippen LogP contribution in [0.5, 0.6) is 0 Å². The van der Waals surface area contributed by atoms with Gasteiger partial charge in [0.1, 0.15) is 16.9 Å². The normalized spacial score (nSPS) is 14.5. The van der Waals surface area contributed by atoms with E-state index in [1.807, 2.05) is 64.0 Å². The maximum absolute atomic E-state index is 14.0. The molecule has 0 aromatic carbocycles. The van der Waals surface area contributed by atoms with Gasteiger partial charge in [-0.05, 0) is 72.9 Å². The number of carbonyl (C=O) groups is 2. The first-order valence-corrected chi connectivity index (χ1v) is 16.0. The molecule has 13 nitrogen and oxygen atoms in total. The summed E-state index contributed by atoms with van der Waals surface area (Å²) >= 11 is 0. The lowest BCUT2D eigenvalue weighted by Crippen LogP contribution is -2.44. The van der Waals surface area contributed by atoms with Crippen molar-refractivity contribution < 1.29 is 19.1 Å². The zero-order chi connectivity index (χ0) is 34.5. The quantitative estimate of drug-likeness (QED) is 0.231. The van der Waals surface area contributed by atoms with Gasteiger partial charge in [0.2, 0.25) is 0 Å². The Morgan fingerprint density at radius 2 is 1.52 bits per heavy atom. The lowest BCUT2D eigenvalue weighted by molar-refractivity contribution is 0.0520. The van der Waals surface area contributed by atoms with Gasteiger partial charge in [-0.15, -0.1) is 0 Å². The SMILES string of the molecule is CN1CCN(c2ccnc3c2cc(-c2nn(C(=O)OC(C)(C)C)c4cnc(-c5cncc(N(C)C)c5)cc24)n3C(=O)OC(C)(C)C)CC1. The van der Waals surface area contributed by atoms with E-state index in [-0.39, 0.29) is 0 Å². The molecule has 0 N–H and O–H groups in total. The minimum absolute atomic E-state index is 0.379. The van der Waals surface area contributed by atoms with E-state index in [2.05, 4.69) is 26.8 Å². The molecule has 1 saturated heterocycles. The van der Waals surface area contributed by atoms with Gasteiger partial charge >= 0.3 is 12.2 Å². The molecule has 252 valence electrons. The van der Waals surface area contributed by atoms with Crippen LogP contribution >= 0.6 is 0 Å². The minimum atomic E-state index is -0.778. The molecule has 6 heterocycles. The van der Waals surface area contributed by atoms with Crippen LogP contribution < -0.4 is 9.80 Å². The van der Waals surface area contributed by atoms with Crippen LogP contribution in [0.25, 0.3) is 44.6 Å². The second-order valence-corrected chi connectivity index (χ2v) is 14.4. The van der Waals surface area contributed by atoms with Gasteiger partial charge in [0, 0.05) is 74.7 Å². The molecule has 0 bridgehead atoms. The molecule has 1 aliphatic heterocycles. The second kappa shape index (κ2) is 12.2. The molecule has 0 atom stereocenters. The van der Waals surface area contributed by atoms with Gasteiger partial charge in [-0.25, -0.2) is 19.1 Å². The van der Waals surface area contributed by atoms with Gasteiger partial charge < -0.3 is 24.2 Å². The molecule has 5 aromatic rings. The van der Waals surface area contributed by atoms with Gasteiger partial charge in [-0.3, -0.25) is 9.97 Å². The molecule has 6 rings (SSSR count). The molecule has 0 radical (unpaired) electrons. The first kappa shape index (κ1) is 32.9. The van der Waals surface area contributed by atoms with Crippen molar-refractivity contribution in [2.75, 3.05) is 57.1 Å². The Morgan fingerprint density at radius 1 is 0.833 bits per heavy atom. The molecule has 0 unspecified atom stereocenters. The number of anilines is 2. The molecule has 48 heavy (non-hydrogen) atoms. The summed E-state index contributed by atoms with van der Waals surface area (Å²) in [5.41, 5.74) is 3.40. The molecule has 13 heteroatoms. The van der Waals surface area contributed by atoms with Crippen molar-refractivity contribution in [3.8, 4) is 22.6 Å². The highest BCUT2D eigenvalue weighted by Gasteiger charge is 2.30. The fourth-order valence-corrected chi connectivity index (χ4v) is 5.69. The summed E-state index contributed by atoms with van der Waals surface area (Å²) in [5, 5.41) is 6.18. The highest BCUT2D eigenvalue weighted by Crippen LogP contribution is 2.38. The van der Waals surface area contributed by atoms with Gasteiger partial charge in [0.05, 0.1) is 35.0 Å². The Labute approximate surface area is 280 Å². The smallest absolute Gasteiger partial charge is 0.435 e. The minimum Gasteiger partial charge on any atom is -0.443 e. The van der Waals surface area contributed by atoms with E-state index in [0.29, 0.717) is 33.6 Å². The summed E-state index contributed by atoms with van der Waals surface area (Å²) in [7, 11) is 6.00. The number of rotatable bonds is 4. The van der Waals surface area contributed by atoms with Crippen molar-refractivity contribution in [1.82, 2.24) is 34.2 Å². The van der Waals surface area contributed by atoms with Gasteiger partial charge in [-0.2, -0.15) is 9.78 Å². The Balaban J connectivity index is 1.62. The third kappa shape index (κ3) is 6.55. The van der Waals surface area contributed by atoms with E-state index in [1.165, 1.54) is 9.25 Å². The number of piperazine rings is 1. The number of hydrogen-bond donors (Lipinski definition) is 0. The van der Waals surface area contributed by atoms with E-state index in [4.69, 9.17) is 19.6 Å². The molecule has 5 aromatic heterocycles. The van der Waals surface area contributed by atoms with Crippen molar-refractivity contribution >= 4 is 45.5 Å². The third-order valence-electron chi connectivity index (χ3n) is 8.01. The Kier molecular flexibility index (Phi) is 8.36. The highest BCUT2D eigenvalue weighted by molar-refractivity contribution is 6.05. The third-order valence-corrected chi connectivity index (χ3v) is 8.01. The number of aromatic nitrogens is 6. The zero-order valence-corrected chi connectivity index (χ0v) is 29.1. The Morgan fingerprint density at radius 3 is 2.19 bits per heavy atom. The number of hydrogen-bond acceptors (Lipinski definition) is 11. The lowest BCUT2D eigenvalue weighted by atomic mass is 10.1. The molecular formula is C35H43N9O4. The number of likely N-dealkylation sites (N-methyl/N-ethyl adjacent to an activating group) is 1. The summed E-state index contributed by atoms with van der Waals surface area (Å²) < 4.78 is 14.3. The topological polar surface area (TPSA) is 124 Å². The predicted molar refractivity (Wildman–Crippen MR) is 187 cm³/mol. The van der Waals surface area contributed by atoms with Crippen LogP contribution in [-0.2, 0) is 9.47 Å². The van der Waals surface area contributed by atoms with Crippen molar-refractivity contribution in [3.63, 3.8) is 0 Å². The highest BCUT2D eigenvalue weighted by atomic mass is 16.6. The Bertz CT molecular complexity index is 2010. The Hall–Kier alpha value is -5.04. The first-order valence-electron chi connectivity index (χ1n) is 16.0. The van der Waals surface area contributed by atoms with Crippen LogP contribution in [0.3, 0.4) is 0 Å². The summed E-state index contributed by atoms with van der Waals surface area (Å²) in [5.74, 6) is 0. The molecule has 1 aliphatic rings. The first-order chi connectivity index (χ1) is 22.6. The van der Waals surface area contributed by atoms with E-state index >= 15 is 0 Å². The average molecular weight is 654 g/mol. The monoisotopic (exact) mass is 653 g/mol. The van der Waals surface area contributed by atoms with Crippen LogP contribution in [0, 0.1) is 0 Å². The van der Waals surface area contributed by atoms with Gasteiger partial charge in [0.25, 0.3) is 0 Å². The zero-order valence-electron chi connectivity index (χ0n) is 29.1. The van der Waals surface area contributed by atoms with Crippen LogP contribution in [-0.4, -0.2) is 105 Å². The summed E-state index contributed by atoms with van der Waals surface area (Å²) in [6, 6.07) is 7.74. The van der Waals surface area contributed by atoms with Crippen LogP contribution in [0.1, 0.15) is 41.5 Å². The maximum atomic E-state index is 14.0. The van der Waals surface area contributed by atoms with Crippen LogP contribution in [0.4, 0.5) is 21.0 Å². The molecular weight excluding hydrogens is 610 g/mol. The van der Waals surface area contributed by atoms with Crippen LogP contribution in [0.15, 0.2) is 49.1 Å². The number of carbonyl (C=O) groups excluding carboxylic acids is 2. The standard InChI is InChI=1S/C35H43N9O4/c1-34(2,3)47-32(45)43-28(18-25-27(10-11-37-31(25)43)42-14-12-41(9)13-15-42)30-24-17-26(22-16-23(40(7)8)20-36-19-22)38-21-29(24)44(39-30)33(46)48-35(4,5)6/h10-11,16-21H,12-15H2,1-9H3. The maximum Gasteiger partial charge on any atom is 0.435 e. The molecule has 0 amide bonds. The fourth-order valence-electron chi connectivity index (χ4n) is 5.69. The van der Waals surface area contributed by atoms with Crippen LogP contribution in [0.2, 0.25) is 0 Å². The summed E-state index contributed by atoms with van der Waals surface area (Å²) in [6.45, 7) is 14.3. The number of nitrogens with zero attached hydrogens (tertiary/aromatic N) is 9. The molecule has 0 spiro atoms. The van der Waals surface area contributed by atoms with Gasteiger partial charge in [0.15, 0.2) is 5.65 Å². The second-order valence-electron chi connectivity index (χ2n) is 14.4. The molecule has 0 saturated carbocycles. The van der Waals surface area contributed by atoms with Crippen molar-refractivity contribution in [1.29, 1.82) is 0 Å². The van der Waals surface area contributed by atoms with E-state index in [0.717, 1.165) is 48.5 Å². The van der Waals surface area contributed by atoms with E-state index < -0.39 is 23.4 Å². The van der Waals surface area contributed by atoms with Gasteiger partial charge in [-0.1, -0.05) is 0 Å². The van der Waals surface area contributed by atoms with E-state index in [1.54, 1.807) is 45.6 Å². The van der Waals surface area contributed by atoms with E-state index in [9.17, 15) is 9.59 Å².